The van der Waals surface area contributed by atoms with Gasteiger partial charge in [-0.15, -0.1) is 0 Å². The maximum Gasteiger partial charge on any atom is 0.143 e. The van der Waals surface area contributed by atoms with Crippen molar-refractivity contribution in [3.8, 4) is 22.6 Å². The minimum absolute atomic E-state index is 0.819. The topological polar surface area (TPSA) is 22.1 Å². The third-order valence-electron chi connectivity index (χ3n) is 6.78. The highest BCUT2D eigenvalue weighted by atomic mass is 16.5. The minimum Gasteiger partial charge on any atom is -0.456 e. The monoisotopic (exact) mass is 447 g/mol. The molecule has 0 aliphatic carbocycles. The molecule has 0 atom stereocenters. The molecule has 0 saturated heterocycles. The van der Waals surface area contributed by atoms with E-state index in [4.69, 9.17) is 4.74 Å². The quantitative estimate of drug-likeness (QED) is 0.199. The zero-order valence-corrected chi connectivity index (χ0v) is 19.0. The van der Waals surface area contributed by atoms with E-state index in [9.17, 15) is 0 Å². The van der Waals surface area contributed by atoms with Gasteiger partial charge < -0.3 is 4.74 Å². The fourth-order valence-electron chi connectivity index (χ4n) is 5.25. The van der Waals surface area contributed by atoms with Crippen LogP contribution in [-0.2, 0) is 0 Å². The molecular weight excluding hydrogens is 426 g/mol. The Kier molecular flexibility index (Phi) is 4.49. The first-order valence-corrected chi connectivity index (χ1v) is 11.8. The van der Waals surface area contributed by atoms with Gasteiger partial charge in [0.05, 0.1) is 0 Å². The standard InChI is InChI=1S/C33H21NO/c1-2-11-23(12-3-1)35-33-28-17-9-8-16-27(28)32(31-21-34-19-18-29(31)33)30-20-22-10-4-5-13-24(22)25-14-6-7-15-26(25)30/h1-21H. The molecule has 2 heteroatoms. The maximum atomic E-state index is 6.53. The highest BCUT2D eigenvalue weighted by Gasteiger charge is 2.19. The average Bonchev–Trinajstić information content (AvgIpc) is 2.93. The lowest BCUT2D eigenvalue weighted by atomic mass is 9.87. The van der Waals surface area contributed by atoms with Crippen molar-refractivity contribution >= 4 is 43.1 Å². The van der Waals surface area contributed by atoms with Crippen molar-refractivity contribution in [2.75, 3.05) is 0 Å². The summed E-state index contributed by atoms with van der Waals surface area (Å²) in [7, 11) is 0. The van der Waals surface area contributed by atoms with Gasteiger partial charge in [-0.05, 0) is 62.3 Å². The van der Waals surface area contributed by atoms with Crippen LogP contribution in [0.5, 0.6) is 11.5 Å². The number of aromatic nitrogens is 1. The van der Waals surface area contributed by atoms with E-state index < -0.39 is 0 Å². The van der Waals surface area contributed by atoms with Crippen LogP contribution in [0, 0.1) is 0 Å². The number of benzene rings is 6. The van der Waals surface area contributed by atoms with Gasteiger partial charge in [0.15, 0.2) is 0 Å². The molecule has 2 nitrogen and oxygen atoms in total. The van der Waals surface area contributed by atoms with E-state index in [-0.39, 0.29) is 0 Å². The number of hydrogen-bond acceptors (Lipinski definition) is 2. The molecule has 0 spiro atoms. The second-order valence-electron chi connectivity index (χ2n) is 8.78. The van der Waals surface area contributed by atoms with Crippen molar-refractivity contribution in [3.63, 3.8) is 0 Å². The number of fused-ring (bicyclic) bond motifs is 5. The summed E-state index contributed by atoms with van der Waals surface area (Å²) in [4.78, 5) is 4.54. The first-order valence-electron chi connectivity index (χ1n) is 11.8. The molecule has 35 heavy (non-hydrogen) atoms. The molecule has 0 amide bonds. The second kappa shape index (κ2) is 7.96. The average molecular weight is 448 g/mol. The number of ether oxygens (including phenoxy) is 1. The van der Waals surface area contributed by atoms with Crippen LogP contribution < -0.4 is 4.74 Å². The van der Waals surface area contributed by atoms with Crippen molar-refractivity contribution in [3.05, 3.63) is 128 Å². The molecular formula is C33H21NO. The lowest BCUT2D eigenvalue weighted by molar-refractivity contribution is 0.494. The first-order chi connectivity index (χ1) is 17.4. The van der Waals surface area contributed by atoms with Crippen LogP contribution in [0.15, 0.2) is 128 Å². The third kappa shape index (κ3) is 3.15. The third-order valence-corrected chi connectivity index (χ3v) is 6.78. The Bertz CT molecular complexity index is 1820. The number of pyridine rings is 1. The van der Waals surface area contributed by atoms with Crippen LogP contribution in [0.3, 0.4) is 0 Å². The fraction of sp³-hybridized carbons (Fsp3) is 0. The van der Waals surface area contributed by atoms with Crippen LogP contribution in [-0.4, -0.2) is 4.98 Å². The SMILES string of the molecule is c1ccc(Oc2c3ccccc3c(-c3cc4ccccc4c4ccccc34)c3cnccc23)cc1. The van der Waals surface area contributed by atoms with Crippen molar-refractivity contribution < 1.29 is 4.74 Å². The number of nitrogens with zero attached hydrogens (tertiary/aromatic N) is 1. The van der Waals surface area contributed by atoms with Gasteiger partial charge >= 0.3 is 0 Å². The Morgan fingerprint density at radius 2 is 1.11 bits per heavy atom. The minimum atomic E-state index is 0.819. The van der Waals surface area contributed by atoms with Crippen LogP contribution in [0.2, 0.25) is 0 Å². The number of hydrogen-bond donors (Lipinski definition) is 0. The Morgan fingerprint density at radius 3 is 1.94 bits per heavy atom. The Labute approximate surface area is 203 Å². The van der Waals surface area contributed by atoms with E-state index in [1.165, 1.54) is 32.7 Å². The molecule has 0 fully saturated rings. The van der Waals surface area contributed by atoms with E-state index in [1.54, 1.807) is 0 Å². The molecule has 0 saturated carbocycles. The van der Waals surface area contributed by atoms with E-state index in [1.807, 2.05) is 42.7 Å². The van der Waals surface area contributed by atoms with Crippen molar-refractivity contribution in [2.24, 2.45) is 0 Å². The van der Waals surface area contributed by atoms with E-state index in [0.717, 1.165) is 33.0 Å². The lowest BCUT2D eigenvalue weighted by Crippen LogP contribution is -1.93. The normalized spacial score (nSPS) is 11.4. The zero-order valence-electron chi connectivity index (χ0n) is 19.0. The van der Waals surface area contributed by atoms with Gasteiger partial charge in [-0.1, -0.05) is 91.0 Å². The largest absolute Gasteiger partial charge is 0.456 e. The molecule has 164 valence electrons. The predicted molar refractivity (Wildman–Crippen MR) is 146 cm³/mol. The first kappa shape index (κ1) is 19.7. The Balaban J connectivity index is 1.64. The fourth-order valence-corrected chi connectivity index (χ4v) is 5.25. The molecule has 1 aromatic heterocycles. The van der Waals surface area contributed by atoms with Crippen LogP contribution >= 0.6 is 0 Å². The smallest absolute Gasteiger partial charge is 0.143 e. The second-order valence-corrected chi connectivity index (χ2v) is 8.78. The summed E-state index contributed by atoms with van der Waals surface area (Å²) in [6.45, 7) is 0. The molecule has 0 N–H and O–H groups in total. The molecule has 7 aromatic rings. The van der Waals surface area contributed by atoms with Crippen molar-refractivity contribution in [2.45, 2.75) is 0 Å². The summed E-state index contributed by atoms with van der Waals surface area (Å²) < 4.78 is 6.53. The van der Waals surface area contributed by atoms with Gasteiger partial charge in [-0.25, -0.2) is 0 Å². The van der Waals surface area contributed by atoms with Gasteiger partial charge in [-0.2, -0.15) is 0 Å². The maximum absolute atomic E-state index is 6.53. The molecule has 0 unspecified atom stereocenters. The van der Waals surface area contributed by atoms with E-state index >= 15 is 0 Å². The van der Waals surface area contributed by atoms with Crippen molar-refractivity contribution in [1.82, 2.24) is 4.98 Å². The summed E-state index contributed by atoms with van der Waals surface area (Å²) in [5, 5.41) is 9.35. The summed E-state index contributed by atoms with van der Waals surface area (Å²) in [5.74, 6) is 1.68. The molecule has 1 heterocycles. The Morgan fingerprint density at radius 1 is 0.486 bits per heavy atom. The molecule has 0 radical (unpaired) electrons. The molecule has 0 bridgehead atoms. The van der Waals surface area contributed by atoms with Gasteiger partial charge in [0.25, 0.3) is 0 Å². The van der Waals surface area contributed by atoms with Crippen LogP contribution in [0.4, 0.5) is 0 Å². The van der Waals surface area contributed by atoms with E-state index in [0.29, 0.717) is 0 Å². The summed E-state index contributed by atoms with van der Waals surface area (Å²) in [6, 6.07) is 40.2. The summed E-state index contributed by atoms with van der Waals surface area (Å²) in [5.41, 5.74) is 2.39. The van der Waals surface area contributed by atoms with Crippen LogP contribution in [0.25, 0.3) is 54.2 Å². The van der Waals surface area contributed by atoms with Gasteiger partial charge in [0.2, 0.25) is 0 Å². The molecule has 6 aromatic carbocycles. The van der Waals surface area contributed by atoms with Crippen LogP contribution in [0.1, 0.15) is 0 Å². The highest BCUT2D eigenvalue weighted by Crippen LogP contribution is 2.46. The van der Waals surface area contributed by atoms with E-state index in [2.05, 4.69) is 89.9 Å². The highest BCUT2D eigenvalue weighted by molar-refractivity contribution is 6.23. The molecule has 7 rings (SSSR count). The summed E-state index contributed by atoms with van der Waals surface area (Å²) >= 11 is 0. The molecule has 0 aliphatic rings. The van der Waals surface area contributed by atoms with Gasteiger partial charge in [-0.3, -0.25) is 4.98 Å². The summed E-state index contributed by atoms with van der Waals surface area (Å²) in [6.07, 6.45) is 3.82. The predicted octanol–water partition coefficient (Wildman–Crippen LogP) is 9.15. The zero-order chi connectivity index (χ0) is 23.2. The molecule has 0 aliphatic heterocycles. The van der Waals surface area contributed by atoms with Gasteiger partial charge in [0.1, 0.15) is 11.5 Å². The number of rotatable bonds is 3. The van der Waals surface area contributed by atoms with Gasteiger partial charge in [0, 0.05) is 28.6 Å². The Hall–Kier alpha value is -4.69. The lowest BCUT2D eigenvalue weighted by Gasteiger charge is -2.19. The number of para-hydroxylation sites is 1. The van der Waals surface area contributed by atoms with Crippen molar-refractivity contribution in [1.29, 1.82) is 0 Å².